The topological polar surface area (TPSA) is 78.4 Å². The van der Waals surface area contributed by atoms with Crippen LogP contribution in [-0.2, 0) is 0 Å². The Hall–Kier alpha value is -3.66. The van der Waals surface area contributed by atoms with Crippen LogP contribution in [-0.4, -0.2) is 39.6 Å². The van der Waals surface area contributed by atoms with E-state index in [-0.39, 0.29) is 12.5 Å². The van der Waals surface area contributed by atoms with Crippen LogP contribution in [0.4, 0.5) is 0 Å². The van der Waals surface area contributed by atoms with Crippen LogP contribution in [0.1, 0.15) is 22.8 Å². The molecule has 2 aromatic rings. The molecule has 0 aliphatic carbocycles. The first-order valence-electron chi connectivity index (χ1n) is 8.51. The summed E-state index contributed by atoms with van der Waals surface area (Å²) in [6, 6.07) is 10.1. The highest BCUT2D eigenvalue weighted by molar-refractivity contribution is 5.95. The van der Waals surface area contributed by atoms with Gasteiger partial charge in [-0.25, -0.2) is 5.43 Å². The molecule has 0 aliphatic heterocycles. The van der Waals surface area contributed by atoms with E-state index in [0.717, 1.165) is 5.56 Å². The van der Waals surface area contributed by atoms with Gasteiger partial charge in [0, 0.05) is 5.56 Å². The predicted octanol–water partition coefficient (Wildman–Crippen LogP) is 2.88. The lowest BCUT2D eigenvalue weighted by atomic mass is 10.2. The minimum Gasteiger partial charge on any atom is -0.493 e. The second kappa shape index (κ2) is 10.5. The average Bonchev–Trinajstić information content (AvgIpc) is 2.72. The lowest BCUT2D eigenvalue weighted by molar-refractivity contribution is 0.0954. The molecular formula is C21H22N2O5. The molecule has 7 heteroatoms. The zero-order valence-electron chi connectivity index (χ0n) is 16.0. The fourth-order valence-corrected chi connectivity index (χ4v) is 2.32. The number of rotatable bonds is 9. The number of benzene rings is 2. The Bertz CT molecular complexity index is 887. The minimum absolute atomic E-state index is 0.148. The van der Waals surface area contributed by atoms with Crippen molar-refractivity contribution in [2.75, 3.05) is 27.4 Å². The average molecular weight is 382 g/mol. The summed E-state index contributed by atoms with van der Waals surface area (Å²) < 4.78 is 21.3. The summed E-state index contributed by atoms with van der Waals surface area (Å²) in [5.74, 6) is 4.13. The van der Waals surface area contributed by atoms with Crippen molar-refractivity contribution in [3.63, 3.8) is 0 Å². The van der Waals surface area contributed by atoms with E-state index in [0.29, 0.717) is 35.2 Å². The Balaban J connectivity index is 2.08. The van der Waals surface area contributed by atoms with Gasteiger partial charge in [0.25, 0.3) is 5.91 Å². The Labute approximate surface area is 164 Å². The van der Waals surface area contributed by atoms with Crippen LogP contribution in [0, 0.1) is 12.3 Å². The van der Waals surface area contributed by atoms with Gasteiger partial charge in [-0.15, -0.1) is 6.42 Å². The molecule has 1 amide bonds. The normalized spacial score (nSPS) is 10.2. The maximum Gasteiger partial charge on any atom is 0.271 e. The molecule has 1 N–H and O–H groups in total. The monoisotopic (exact) mass is 382 g/mol. The van der Waals surface area contributed by atoms with Crippen molar-refractivity contribution in [1.82, 2.24) is 5.43 Å². The number of carbonyl (C=O) groups is 1. The smallest absolute Gasteiger partial charge is 0.271 e. The molecule has 0 aromatic heterocycles. The fourth-order valence-electron chi connectivity index (χ4n) is 2.32. The molecule has 0 fully saturated rings. The number of terminal acetylenes is 1. The number of nitrogens with one attached hydrogen (secondary N) is 1. The second-order valence-electron chi connectivity index (χ2n) is 5.40. The molecule has 0 heterocycles. The van der Waals surface area contributed by atoms with E-state index in [4.69, 9.17) is 25.4 Å². The molecule has 28 heavy (non-hydrogen) atoms. The highest BCUT2D eigenvalue weighted by Crippen LogP contribution is 2.28. The third kappa shape index (κ3) is 5.42. The molecule has 146 valence electrons. The molecule has 0 atom stereocenters. The number of nitrogens with zero attached hydrogens (tertiary/aromatic N) is 1. The molecule has 2 rings (SSSR count). The van der Waals surface area contributed by atoms with Gasteiger partial charge in [-0.05, 0) is 48.9 Å². The predicted molar refractivity (Wildman–Crippen MR) is 107 cm³/mol. The summed E-state index contributed by atoms with van der Waals surface area (Å²) in [5.41, 5.74) is 3.59. The van der Waals surface area contributed by atoms with Crippen molar-refractivity contribution in [2.24, 2.45) is 5.10 Å². The third-order valence-corrected chi connectivity index (χ3v) is 3.60. The molecule has 0 aliphatic rings. The van der Waals surface area contributed by atoms with Gasteiger partial charge in [-0.2, -0.15) is 5.10 Å². The number of hydrogen-bond acceptors (Lipinski definition) is 6. The Morgan fingerprint density at radius 2 is 1.82 bits per heavy atom. The van der Waals surface area contributed by atoms with E-state index >= 15 is 0 Å². The summed E-state index contributed by atoms with van der Waals surface area (Å²) >= 11 is 0. The maximum atomic E-state index is 12.3. The summed E-state index contributed by atoms with van der Waals surface area (Å²) in [4.78, 5) is 12.3. The van der Waals surface area contributed by atoms with Crippen LogP contribution in [0.15, 0.2) is 41.5 Å². The highest BCUT2D eigenvalue weighted by Gasteiger charge is 2.10. The molecular weight excluding hydrogens is 360 g/mol. The Kier molecular flexibility index (Phi) is 7.73. The van der Waals surface area contributed by atoms with Crippen LogP contribution >= 0.6 is 0 Å². The van der Waals surface area contributed by atoms with Crippen LogP contribution in [0.5, 0.6) is 23.0 Å². The molecule has 0 saturated heterocycles. The molecule has 2 aromatic carbocycles. The largest absolute Gasteiger partial charge is 0.493 e. The summed E-state index contributed by atoms with van der Waals surface area (Å²) in [6.45, 7) is 2.49. The Morgan fingerprint density at radius 3 is 2.50 bits per heavy atom. The first kappa shape index (κ1) is 20.6. The van der Waals surface area contributed by atoms with Gasteiger partial charge in [-0.3, -0.25) is 4.79 Å². The van der Waals surface area contributed by atoms with E-state index in [1.54, 1.807) is 36.4 Å². The van der Waals surface area contributed by atoms with Crippen LogP contribution < -0.4 is 24.4 Å². The maximum absolute atomic E-state index is 12.3. The van der Waals surface area contributed by atoms with Crippen molar-refractivity contribution in [1.29, 1.82) is 0 Å². The van der Waals surface area contributed by atoms with E-state index in [1.807, 2.05) is 6.92 Å². The Morgan fingerprint density at radius 1 is 1.07 bits per heavy atom. The molecule has 0 unspecified atom stereocenters. The number of amides is 1. The van der Waals surface area contributed by atoms with Crippen molar-refractivity contribution < 1.29 is 23.7 Å². The first-order chi connectivity index (χ1) is 13.6. The highest BCUT2D eigenvalue weighted by atomic mass is 16.5. The molecule has 0 radical (unpaired) electrons. The number of hydrogen-bond donors (Lipinski definition) is 1. The molecule has 7 nitrogen and oxygen atoms in total. The molecule has 0 saturated carbocycles. The van der Waals surface area contributed by atoms with Crippen molar-refractivity contribution in [3.8, 4) is 35.3 Å². The lowest BCUT2D eigenvalue weighted by Crippen LogP contribution is -2.17. The van der Waals surface area contributed by atoms with E-state index in [9.17, 15) is 4.79 Å². The van der Waals surface area contributed by atoms with Gasteiger partial charge < -0.3 is 18.9 Å². The van der Waals surface area contributed by atoms with Crippen LogP contribution in [0.25, 0.3) is 0 Å². The van der Waals surface area contributed by atoms with Crippen LogP contribution in [0.2, 0.25) is 0 Å². The molecule has 0 spiro atoms. The first-order valence-corrected chi connectivity index (χ1v) is 8.51. The van der Waals surface area contributed by atoms with Gasteiger partial charge in [0.15, 0.2) is 23.0 Å². The summed E-state index contributed by atoms with van der Waals surface area (Å²) in [5, 5.41) is 3.98. The quantitative estimate of drug-likeness (QED) is 0.410. The fraction of sp³-hybridized carbons (Fsp3) is 0.238. The van der Waals surface area contributed by atoms with Crippen molar-refractivity contribution >= 4 is 12.1 Å². The van der Waals surface area contributed by atoms with Gasteiger partial charge in [-0.1, -0.05) is 5.92 Å². The lowest BCUT2D eigenvalue weighted by Gasteiger charge is -2.10. The van der Waals surface area contributed by atoms with Crippen LogP contribution in [0.3, 0.4) is 0 Å². The van der Waals surface area contributed by atoms with E-state index in [1.165, 1.54) is 20.4 Å². The van der Waals surface area contributed by atoms with Gasteiger partial charge in [0.1, 0.15) is 6.61 Å². The van der Waals surface area contributed by atoms with Crippen molar-refractivity contribution in [2.45, 2.75) is 6.92 Å². The number of carbonyl (C=O) groups excluding carboxylic acids is 1. The van der Waals surface area contributed by atoms with E-state index < -0.39 is 0 Å². The number of ether oxygens (including phenoxy) is 4. The number of hydrazone groups is 1. The zero-order chi connectivity index (χ0) is 20.4. The van der Waals surface area contributed by atoms with Gasteiger partial charge in [0.05, 0.1) is 27.0 Å². The molecule has 0 bridgehead atoms. The summed E-state index contributed by atoms with van der Waals surface area (Å²) in [6.07, 6.45) is 6.72. The standard InChI is InChI=1S/C21H22N2O5/c1-5-11-28-18-9-7-15(12-20(18)27-6-2)14-22-23-21(24)16-8-10-17(25-3)19(13-16)26-4/h1,7-10,12-14H,6,11H2,2-4H3,(H,23,24)/b22-14+. The van der Waals surface area contributed by atoms with Crippen molar-refractivity contribution in [3.05, 3.63) is 47.5 Å². The van der Waals surface area contributed by atoms with E-state index in [2.05, 4.69) is 16.4 Å². The second-order valence-corrected chi connectivity index (χ2v) is 5.40. The third-order valence-electron chi connectivity index (χ3n) is 3.60. The van der Waals surface area contributed by atoms with Gasteiger partial charge in [0.2, 0.25) is 0 Å². The SMILES string of the molecule is C#CCOc1ccc(/C=N/NC(=O)c2ccc(OC)c(OC)c2)cc1OCC. The minimum atomic E-state index is -0.379. The summed E-state index contributed by atoms with van der Waals surface area (Å²) in [7, 11) is 3.03. The van der Waals surface area contributed by atoms with Gasteiger partial charge >= 0.3 is 0 Å². The number of methoxy groups -OCH3 is 2. The zero-order valence-corrected chi connectivity index (χ0v) is 16.0.